The Morgan fingerprint density at radius 1 is 0.529 bits per heavy atom. The maximum Gasteiger partial charge on any atom is 0.326 e. The number of likely N-dealkylation sites (tertiary alicyclic amines) is 2. The number of aliphatic carboxylic acids is 1. The van der Waals surface area contributed by atoms with Crippen LogP contribution in [0.1, 0.15) is 104 Å². The highest BCUT2D eigenvalue weighted by atomic mass is 32.2. The topological polar surface area (TPSA) is 821 Å². The van der Waals surface area contributed by atoms with Crippen molar-refractivity contribution in [3.63, 3.8) is 0 Å². The van der Waals surface area contributed by atoms with Gasteiger partial charge in [-0.1, -0.05) is 44.2 Å². The van der Waals surface area contributed by atoms with E-state index in [2.05, 4.69) is 95.7 Å². The largest absolute Gasteiger partial charge is 0.480 e. The number of aliphatic hydroxyl groups is 3. The molecule has 138 heavy (non-hydrogen) atoms. The minimum absolute atomic E-state index is 0.0576. The van der Waals surface area contributed by atoms with Gasteiger partial charge < -0.3 is 149 Å². The number of carbonyl (C=O) groups is 20. The number of amides is 17. The Kier molecular flexibility index (Phi) is 51.7. The molecular formula is C82H131N27O24S5. The number of carboxylic acid groups (broad SMARTS) is 1. The molecule has 0 spiro atoms. The van der Waals surface area contributed by atoms with E-state index in [1.807, 2.05) is 0 Å². The number of nitrogens with zero attached hydrogens (tertiary/aromatic N) is 2. The summed E-state index contributed by atoms with van der Waals surface area (Å²) in [5.74, 6) is -23.4. The fourth-order valence-electron chi connectivity index (χ4n) is 14.4. The van der Waals surface area contributed by atoms with Crippen LogP contribution in [-0.2, 0) is 102 Å². The summed E-state index contributed by atoms with van der Waals surface area (Å²) in [6, 6.07) is -16.8. The summed E-state index contributed by atoms with van der Waals surface area (Å²) in [6.07, 6.45) is -0.228. The molecule has 17 atom stereocenters. The first-order chi connectivity index (χ1) is 65.5. The average Bonchev–Trinajstić information content (AvgIpc) is 1.62. The van der Waals surface area contributed by atoms with E-state index in [4.69, 9.17) is 39.2 Å². The van der Waals surface area contributed by atoms with Crippen molar-refractivity contribution in [2.24, 2.45) is 28.9 Å². The zero-order valence-electron chi connectivity index (χ0n) is 77.2. The van der Waals surface area contributed by atoms with Gasteiger partial charge in [-0.05, 0) is 108 Å². The molecule has 56 heteroatoms. The number of ketones is 2. The molecule has 0 unspecified atom stereocenters. The fourth-order valence-corrected chi connectivity index (χ4v) is 18.8. The SMILES string of the molecule is CSCC[C@@H]1NC(=O)CNC(=O)[C@H](CCCNC(=N)N)NC(=O)[C@@H](NC(=O)CN)CSCC(=O)CSC[C@@H](C(=O)N[C@H](C(=O)N[C@@H](CCCNC(=N)N)C(=O)N[C@H](C(=O)N[C@@H](CO)C(=O)N2CCC[C@H]2C(=O)N[C@@H](Cc2ccccc2)C(=O)N[C@H]2CSCC(=O)CSC[C@@H](C(=O)N3CCC[C@H]3C(=O)O)NC(=O)[C@H](CCCNC(=N)N)NC(=O)[C@H](C)NC2=O)[C@@H](C)O)C(C)C)NC(=O)[C@H](CO)NC1=O. The Bertz CT molecular complexity index is 4440. The molecule has 1 aromatic rings. The molecule has 768 valence electrons. The number of carboxylic acids is 1. The summed E-state index contributed by atoms with van der Waals surface area (Å²) < 4.78 is 0. The quantitative estimate of drug-likeness (QED) is 0.0166. The summed E-state index contributed by atoms with van der Waals surface area (Å²) in [5, 5.41) is 111. The number of Topliss-reactive ketones (excluding diaryl/α,β-unsaturated/α-hetero) is 2. The summed E-state index contributed by atoms with van der Waals surface area (Å²) >= 11 is 4.79. The van der Waals surface area contributed by atoms with Gasteiger partial charge >= 0.3 is 5.97 Å². The average molecular weight is 2040 g/mol. The molecule has 0 bridgehead atoms. The molecule has 51 nitrogen and oxygen atoms in total. The summed E-state index contributed by atoms with van der Waals surface area (Å²) in [7, 11) is 0. The molecule has 33 N–H and O–H groups in total. The van der Waals surface area contributed by atoms with Gasteiger partial charge in [0.25, 0.3) is 0 Å². The van der Waals surface area contributed by atoms with Crippen LogP contribution in [0.15, 0.2) is 30.3 Å². The van der Waals surface area contributed by atoms with E-state index in [1.165, 1.54) is 32.5 Å². The van der Waals surface area contributed by atoms with Gasteiger partial charge in [0.15, 0.2) is 29.4 Å². The van der Waals surface area contributed by atoms with Crippen molar-refractivity contribution >= 4 is 195 Å². The van der Waals surface area contributed by atoms with E-state index < -0.39 is 265 Å². The van der Waals surface area contributed by atoms with Gasteiger partial charge in [-0.2, -0.15) is 58.8 Å². The Hall–Kier alpha value is -11.6. The third-order valence-electron chi connectivity index (χ3n) is 21.7. The molecule has 4 aliphatic heterocycles. The lowest BCUT2D eigenvalue weighted by Crippen LogP contribution is -2.63. The normalized spacial score (nSPS) is 23.2. The molecule has 0 radical (unpaired) electrons. The smallest absolute Gasteiger partial charge is 0.326 e. The summed E-state index contributed by atoms with van der Waals surface area (Å²) in [5.41, 5.74) is 22.5. The lowest BCUT2D eigenvalue weighted by atomic mass is 10.0. The van der Waals surface area contributed by atoms with Gasteiger partial charge in [0.1, 0.15) is 96.7 Å². The number of nitrogens with one attached hydrogen (secondary N) is 21. The monoisotopic (exact) mass is 2040 g/mol. The van der Waals surface area contributed by atoms with Crippen LogP contribution in [0.3, 0.4) is 0 Å². The third-order valence-corrected chi connectivity index (χ3v) is 26.7. The molecule has 4 saturated heterocycles. The number of carbonyl (C=O) groups excluding carboxylic acids is 19. The maximum absolute atomic E-state index is 14.9. The first-order valence-electron chi connectivity index (χ1n) is 44.6. The van der Waals surface area contributed by atoms with E-state index >= 15 is 0 Å². The van der Waals surface area contributed by atoms with E-state index in [0.717, 1.165) is 63.8 Å². The first kappa shape index (κ1) is 117. The van der Waals surface area contributed by atoms with Crippen molar-refractivity contribution in [1.29, 1.82) is 16.2 Å². The predicted octanol–water partition coefficient (Wildman–Crippen LogP) is -11.2. The highest BCUT2D eigenvalue weighted by Gasteiger charge is 2.44. The lowest BCUT2D eigenvalue weighted by molar-refractivity contribution is -0.149. The molecule has 5 rings (SSSR count). The van der Waals surface area contributed by atoms with Gasteiger partial charge in [-0.15, -0.1) is 0 Å². The number of guanidine groups is 3. The van der Waals surface area contributed by atoms with E-state index in [1.54, 1.807) is 36.6 Å². The zero-order valence-corrected chi connectivity index (χ0v) is 81.3. The Labute approximate surface area is 817 Å². The Morgan fingerprint density at radius 3 is 1.59 bits per heavy atom. The highest BCUT2D eigenvalue weighted by Crippen LogP contribution is 2.24. The van der Waals surface area contributed by atoms with Gasteiger partial charge in [-0.3, -0.25) is 107 Å². The molecule has 0 saturated carbocycles. The number of benzene rings is 1. The summed E-state index contributed by atoms with van der Waals surface area (Å²) in [6.45, 7) is 1.63. The number of hydrogen-bond donors (Lipinski definition) is 29. The van der Waals surface area contributed by atoms with Crippen LogP contribution in [0.2, 0.25) is 0 Å². The second kappa shape index (κ2) is 61.0. The summed E-state index contributed by atoms with van der Waals surface area (Å²) in [4.78, 5) is 283. The van der Waals surface area contributed by atoms with Crippen molar-refractivity contribution in [3.05, 3.63) is 35.9 Å². The predicted molar refractivity (Wildman–Crippen MR) is 512 cm³/mol. The standard InChI is InChI=1S/C82H131N27O24S5/c1-41(2)62(106-73(126)56-39-137-34-45(113)33-135-37-54(96-60(115)29-83)72(125)98-47(16-9-22-90-80(84)85)65(118)93-30-61(116)95-50(21-27-134-5)67(120)101-52(31-110)70(123)104-56)75(128)99-49(18-11-24-92-82(88)89)68(121)107-63(43(4)112)76(129)102-53(32-111)77(130)108-25-12-19-58(108)74(127)100-51(28-44-14-7-6-8-15-44)69(122)103-55-38-136-35-46(114)36-138-40-57(78(131)109-26-13-20-59(109)79(132)133)105-66(119)48(17-10-23-91-81(86)87)97-64(117)42(3)94-71(55)124/h6-8,14-15,41-43,47-59,62-63,110-112H,9-13,16-40,83H2,1-5H3,(H,93,118)(H,94,124)(H,95,116)(H,96,115)(H,97,117)(H,98,125)(H,99,128)(H,100,127)(H,101,120)(H,102,129)(H,103,122)(H,104,123)(H,105,119)(H,106,126)(H,107,121)(H,132,133)(H4,84,85,90)(H4,86,87,91)(H4,88,89,92)/t42-,43+,47-,48-,49-,50-,51-,52-,53-,54-,55-,56-,57-,58-,59-,62-,63-/m0/s1. The van der Waals surface area contributed by atoms with Crippen molar-refractivity contribution < 1.29 is 116 Å². The van der Waals surface area contributed by atoms with Crippen molar-refractivity contribution in [2.45, 2.75) is 208 Å². The molecule has 0 aliphatic carbocycles. The van der Waals surface area contributed by atoms with Crippen LogP contribution < -0.4 is 119 Å². The minimum Gasteiger partial charge on any atom is -0.480 e. The fraction of sp³-hybridized carbons (Fsp3) is 0.646. The Morgan fingerprint density at radius 2 is 1.03 bits per heavy atom. The minimum atomic E-state index is -2.01. The van der Waals surface area contributed by atoms with Crippen LogP contribution in [-0.4, -0.2) is 386 Å². The van der Waals surface area contributed by atoms with Gasteiger partial charge in [0.05, 0.1) is 55.4 Å². The van der Waals surface area contributed by atoms with Gasteiger partial charge in [-0.25, -0.2) is 4.79 Å². The Balaban J connectivity index is 1.37. The molecule has 1 aromatic carbocycles. The number of hydrogen-bond acceptors (Lipinski definition) is 32. The van der Waals surface area contributed by atoms with E-state index in [0.29, 0.717) is 12.0 Å². The molecular weight excluding hydrogens is 1910 g/mol. The van der Waals surface area contributed by atoms with Gasteiger partial charge in [0.2, 0.25) is 100 Å². The zero-order chi connectivity index (χ0) is 102. The highest BCUT2D eigenvalue weighted by molar-refractivity contribution is 8.02. The maximum atomic E-state index is 14.9. The van der Waals surface area contributed by atoms with E-state index in [-0.39, 0.29) is 161 Å². The second-order valence-electron chi connectivity index (χ2n) is 33.0. The molecule has 4 heterocycles. The molecule has 4 fully saturated rings. The number of rotatable bonds is 38. The molecule has 4 aliphatic rings. The van der Waals surface area contributed by atoms with Crippen LogP contribution in [0.25, 0.3) is 0 Å². The lowest BCUT2D eigenvalue weighted by Gasteiger charge is -2.31. The molecule has 0 aromatic heterocycles. The van der Waals surface area contributed by atoms with Crippen molar-refractivity contribution in [3.8, 4) is 0 Å². The van der Waals surface area contributed by atoms with Crippen LogP contribution >= 0.6 is 58.8 Å². The van der Waals surface area contributed by atoms with Crippen molar-refractivity contribution in [1.82, 2.24) is 106 Å². The van der Waals surface area contributed by atoms with E-state index in [9.17, 15) is 116 Å². The third kappa shape index (κ3) is 40.5. The van der Waals surface area contributed by atoms with Gasteiger partial charge in [0, 0.05) is 62.2 Å². The molecule has 17 amide bonds. The van der Waals surface area contributed by atoms with Crippen LogP contribution in [0.4, 0.5) is 0 Å². The van der Waals surface area contributed by atoms with Crippen LogP contribution in [0, 0.1) is 22.1 Å². The first-order valence-corrected chi connectivity index (χ1v) is 50.6. The second-order valence-corrected chi connectivity index (χ2v) is 38.1. The number of nitrogens with two attached hydrogens (primary N) is 4. The number of thioether (sulfide) groups is 5. The number of aliphatic hydroxyl groups excluding tert-OH is 3. The van der Waals surface area contributed by atoms with Crippen LogP contribution in [0.5, 0.6) is 0 Å². The van der Waals surface area contributed by atoms with Crippen molar-refractivity contribution in [2.75, 3.05) is 117 Å².